The van der Waals surface area contributed by atoms with E-state index in [1.54, 1.807) is 4.90 Å². The lowest BCUT2D eigenvalue weighted by molar-refractivity contribution is -0.140. The molecule has 6 heteroatoms. The SMILES string of the molecule is CCC(C)[C@H](NC(=O)N1CCCOCC1)C(=O)O. The minimum absolute atomic E-state index is 0.0883. The van der Waals surface area contributed by atoms with Crippen LogP contribution in [0.1, 0.15) is 26.7 Å². The number of amides is 2. The summed E-state index contributed by atoms with van der Waals surface area (Å²) in [4.78, 5) is 24.7. The van der Waals surface area contributed by atoms with Crippen molar-refractivity contribution in [3.63, 3.8) is 0 Å². The van der Waals surface area contributed by atoms with E-state index in [0.29, 0.717) is 32.7 Å². The second-order valence-corrected chi connectivity index (χ2v) is 4.60. The van der Waals surface area contributed by atoms with Crippen LogP contribution in [0.2, 0.25) is 0 Å². The largest absolute Gasteiger partial charge is 0.480 e. The summed E-state index contributed by atoms with van der Waals surface area (Å²) in [7, 11) is 0. The number of carbonyl (C=O) groups is 2. The van der Waals surface area contributed by atoms with E-state index in [0.717, 1.165) is 6.42 Å². The van der Waals surface area contributed by atoms with Gasteiger partial charge in [0.05, 0.1) is 6.61 Å². The van der Waals surface area contributed by atoms with Crippen LogP contribution in [0.25, 0.3) is 0 Å². The quantitative estimate of drug-likeness (QED) is 0.786. The zero-order valence-corrected chi connectivity index (χ0v) is 11.0. The Hall–Kier alpha value is -1.30. The van der Waals surface area contributed by atoms with Crippen molar-refractivity contribution < 1.29 is 19.4 Å². The zero-order chi connectivity index (χ0) is 13.5. The van der Waals surface area contributed by atoms with Crippen molar-refractivity contribution in [2.24, 2.45) is 5.92 Å². The summed E-state index contributed by atoms with van der Waals surface area (Å²) < 4.78 is 5.26. The maximum absolute atomic E-state index is 12.0. The first-order valence-electron chi connectivity index (χ1n) is 6.42. The first-order valence-corrected chi connectivity index (χ1v) is 6.42. The molecular formula is C12H22N2O4. The molecule has 0 radical (unpaired) electrons. The summed E-state index contributed by atoms with van der Waals surface area (Å²) in [5, 5.41) is 11.7. The first kappa shape index (κ1) is 14.8. The van der Waals surface area contributed by atoms with Crippen molar-refractivity contribution >= 4 is 12.0 Å². The predicted octanol–water partition coefficient (Wildman–Crippen LogP) is 0.918. The number of rotatable bonds is 4. The zero-order valence-electron chi connectivity index (χ0n) is 11.0. The first-order chi connectivity index (χ1) is 8.56. The highest BCUT2D eigenvalue weighted by molar-refractivity contribution is 5.82. The van der Waals surface area contributed by atoms with Crippen LogP contribution in [0.3, 0.4) is 0 Å². The molecule has 0 spiro atoms. The number of carbonyl (C=O) groups excluding carboxylic acids is 1. The van der Waals surface area contributed by atoms with E-state index < -0.39 is 12.0 Å². The predicted molar refractivity (Wildman–Crippen MR) is 66.4 cm³/mol. The lowest BCUT2D eigenvalue weighted by atomic mass is 9.99. The lowest BCUT2D eigenvalue weighted by Gasteiger charge is -2.25. The van der Waals surface area contributed by atoms with Gasteiger partial charge in [-0.3, -0.25) is 0 Å². The Morgan fingerprint density at radius 1 is 1.39 bits per heavy atom. The van der Waals surface area contributed by atoms with Crippen molar-refractivity contribution in [3.8, 4) is 0 Å². The Morgan fingerprint density at radius 2 is 2.11 bits per heavy atom. The van der Waals surface area contributed by atoms with Crippen molar-refractivity contribution in [1.29, 1.82) is 0 Å². The van der Waals surface area contributed by atoms with Gasteiger partial charge < -0.3 is 20.1 Å². The number of hydrogen-bond donors (Lipinski definition) is 2. The Balaban J connectivity index is 2.56. The standard InChI is InChI=1S/C12H22N2O4/c1-3-9(2)10(11(15)16)13-12(17)14-5-4-7-18-8-6-14/h9-10H,3-8H2,1-2H3,(H,13,17)(H,15,16)/t9?,10-/m0/s1. The van der Waals surface area contributed by atoms with E-state index in [2.05, 4.69) is 5.32 Å². The smallest absolute Gasteiger partial charge is 0.326 e. The number of carboxylic acids is 1. The van der Waals surface area contributed by atoms with Gasteiger partial charge in [-0.2, -0.15) is 0 Å². The molecule has 1 fully saturated rings. The molecule has 1 heterocycles. The summed E-state index contributed by atoms with van der Waals surface area (Å²) in [5.74, 6) is -1.07. The van der Waals surface area contributed by atoms with E-state index in [4.69, 9.17) is 9.84 Å². The molecule has 2 amide bonds. The Morgan fingerprint density at radius 3 is 2.72 bits per heavy atom. The summed E-state index contributed by atoms with van der Waals surface area (Å²) >= 11 is 0. The normalized spacial score (nSPS) is 19.8. The van der Waals surface area contributed by atoms with Gasteiger partial charge in [-0.1, -0.05) is 20.3 Å². The van der Waals surface area contributed by atoms with Gasteiger partial charge in [0.2, 0.25) is 0 Å². The van der Waals surface area contributed by atoms with E-state index in [9.17, 15) is 9.59 Å². The molecule has 18 heavy (non-hydrogen) atoms. The van der Waals surface area contributed by atoms with Gasteiger partial charge in [0.15, 0.2) is 0 Å². The van der Waals surface area contributed by atoms with Gasteiger partial charge in [-0.05, 0) is 12.3 Å². The molecule has 0 aromatic carbocycles. The summed E-state index contributed by atoms with van der Waals surface area (Å²) in [6.45, 7) is 6.01. The van der Waals surface area contributed by atoms with Crippen molar-refractivity contribution in [2.45, 2.75) is 32.7 Å². The number of carboxylic acid groups (broad SMARTS) is 1. The summed E-state index contributed by atoms with van der Waals surface area (Å²) in [5.41, 5.74) is 0. The van der Waals surface area contributed by atoms with Crippen LogP contribution in [-0.4, -0.2) is 54.4 Å². The molecule has 2 N–H and O–H groups in total. The Labute approximate surface area is 107 Å². The molecule has 6 nitrogen and oxygen atoms in total. The number of hydrogen-bond acceptors (Lipinski definition) is 3. The highest BCUT2D eigenvalue weighted by Crippen LogP contribution is 2.09. The molecule has 0 aromatic heterocycles. The molecule has 2 atom stereocenters. The van der Waals surface area contributed by atoms with E-state index in [1.165, 1.54) is 0 Å². The molecule has 0 saturated carbocycles. The van der Waals surface area contributed by atoms with Crippen LogP contribution in [0.15, 0.2) is 0 Å². The molecule has 1 unspecified atom stereocenters. The molecule has 1 aliphatic rings. The third-order valence-electron chi connectivity index (χ3n) is 3.27. The molecule has 0 bridgehead atoms. The Kier molecular flexibility index (Phi) is 5.91. The monoisotopic (exact) mass is 258 g/mol. The van der Waals surface area contributed by atoms with Crippen LogP contribution in [0.5, 0.6) is 0 Å². The van der Waals surface area contributed by atoms with Gasteiger partial charge in [0.25, 0.3) is 0 Å². The van der Waals surface area contributed by atoms with E-state index in [1.807, 2.05) is 13.8 Å². The fraction of sp³-hybridized carbons (Fsp3) is 0.833. The molecule has 104 valence electrons. The van der Waals surface area contributed by atoms with Crippen LogP contribution in [0.4, 0.5) is 4.79 Å². The van der Waals surface area contributed by atoms with Crippen LogP contribution >= 0.6 is 0 Å². The fourth-order valence-corrected chi connectivity index (χ4v) is 1.86. The van der Waals surface area contributed by atoms with Gasteiger partial charge in [-0.15, -0.1) is 0 Å². The van der Waals surface area contributed by atoms with Gasteiger partial charge in [0.1, 0.15) is 6.04 Å². The molecule has 1 rings (SSSR count). The number of aliphatic carboxylic acids is 1. The number of nitrogens with one attached hydrogen (secondary N) is 1. The van der Waals surface area contributed by atoms with Gasteiger partial charge in [0, 0.05) is 19.7 Å². The molecule has 1 saturated heterocycles. The van der Waals surface area contributed by atoms with Crippen molar-refractivity contribution in [3.05, 3.63) is 0 Å². The molecular weight excluding hydrogens is 236 g/mol. The average molecular weight is 258 g/mol. The number of nitrogens with zero attached hydrogens (tertiary/aromatic N) is 1. The maximum atomic E-state index is 12.0. The minimum Gasteiger partial charge on any atom is -0.480 e. The van der Waals surface area contributed by atoms with Crippen LogP contribution < -0.4 is 5.32 Å². The van der Waals surface area contributed by atoms with Gasteiger partial charge in [-0.25, -0.2) is 9.59 Å². The highest BCUT2D eigenvalue weighted by atomic mass is 16.5. The second kappa shape index (κ2) is 7.20. The maximum Gasteiger partial charge on any atom is 0.326 e. The summed E-state index contributed by atoms with van der Waals surface area (Å²) in [6.07, 6.45) is 1.49. The minimum atomic E-state index is -0.983. The number of urea groups is 1. The lowest BCUT2D eigenvalue weighted by Crippen LogP contribution is -2.51. The third kappa shape index (κ3) is 4.18. The molecule has 0 aliphatic carbocycles. The van der Waals surface area contributed by atoms with Crippen LogP contribution in [0, 0.1) is 5.92 Å². The topological polar surface area (TPSA) is 78.9 Å². The van der Waals surface area contributed by atoms with E-state index in [-0.39, 0.29) is 11.9 Å². The second-order valence-electron chi connectivity index (χ2n) is 4.60. The summed E-state index contributed by atoms with van der Waals surface area (Å²) in [6, 6.07) is -1.14. The van der Waals surface area contributed by atoms with Crippen molar-refractivity contribution in [2.75, 3.05) is 26.3 Å². The highest BCUT2D eigenvalue weighted by Gasteiger charge is 2.27. The van der Waals surface area contributed by atoms with Crippen LogP contribution in [-0.2, 0) is 9.53 Å². The third-order valence-corrected chi connectivity index (χ3v) is 3.27. The van der Waals surface area contributed by atoms with Crippen molar-refractivity contribution in [1.82, 2.24) is 10.2 Å². The Bertz CT molecular complexity index is 288. The molecule has 0 aromatic rings. The fourth-order valence-electron chi connectivity index (χ4n) is 1.86. The number of ether oxygens (including phenoxy) is 1. The van der Waals surface area contributed by atoms with Gasteiger partial charge >= 0.3 is 12.0 Å². The average Bonchev–Trinajstić information content (AvgIpc) is 2.63. The van der Waals surface area contributed by atoms with E-state index >= 15 is 0 Å². The molecule has 1 aliphatic heterocycles.